The number of carbonyl (C=O) groups excluding carboxylic acids is 3. The summed E-state index contributed by atoms with van der Waals surface area (Å²) < 4.78 is 16.1. The molecule has 0 amide bonds. The second-order valence-electron chi connectivity index (χ2n) is 9.58. The van der Waals surface area contributed by atoms with E-state index in [-0.39, 0.29) is 11.9 Å². The Balaban J connectivity index is 1.90. The predicted molar refractivity (Wildman–Crippen MR) is 106 cm³/mol. The lowest BCUT2D eigenvalue weighted by atomic mass is 9.60. The summed E-state index contributed by atoms with van der Waals surface area (Å²) in [6.07, 6.45) is 3.70. The monoisotopic (exact) mass is 418 g/mol. The lowest BCUT2D eigenvalue weighted by molar-refractivity contribution is -0.172. The molecule has 7 heteroatoms. The summed E-state index contributed by atoms with van der Waals surface area (Å²) in [7, 11) is 2.64. The number of carbonyl (C=O) groups is 3. The molecule has 30 heavy (non-hydrogen) atoms. The van der Waals surface area contributed by atoms with Crippen LogP contribution in [0.4, 0.5) is 0 Å². The Kier molecular flexibility index (Phi) is 4.69. The van der Waals surface area contributed by atoms with E-state index in [0.717, 1.165) is 17.6 Å². The van der Waals surface area contributed by atoms with Crippen molar-refractivity contribution in [2.75, 3.05) is 14.2 Å². The van der Waals surface area contributed by atoms with Crippen molar-refractivity contribution in [3.8, 4) is 0 Å². The number of methoxy groups -OCH3 is 2. The fraction of sp³-hybridized carbons (Fsp3) is 0.696. The van der Waals surface area contributed by atoms with Crippen molar-refractivity contribution in [2.45, 2.75) is 57.7 Å². The van der Waals surface area contributed by atoms with Crippen LogP contribution in [0.15, 0.2) is 23.8 Å². The molecule has 164 valence electrons. The highest BCUT2D eigenvalue weighted by Crippen LogP contribution is 2.74. The van der Waals surface area contributed by atoms with Crippen molar-refractivity contribution in [2.24, 2.45) is 28.6 Å². The highest BCUT2D eigenvalue weighted by Gasteiger charge is 2.74. The largest absolute Gasteiger partial charge is 0.469 e. The van der Waals surface area contributed by atoms with Gasteiger partial charge in [0.1, 0.15) is 5.60 Å². The third-order valence-corrected chi connectivity index (χ3v) is 8.38. The number of esters is 3. The van der Waals surface area contributed by atoms with Crippen molar-refractivity contribution in [3.05, 3.63) is 23.8 Å². The van der Waals surface area contributed by atoms with E-state index in [0.29, 0.717) is 25.7 Å². The maximum atomic E-state index is 13.2. The van der Waals surface area contributed by atoms with Crippen molar-refractivity contribution >= 4 is 17.9 Å². The topological polar surface area (TPSA) is 99.1 Å². The number of aliphatic hydroxyl groups excluding tert-OH is 1. The van der Waals surface area contributed by atoms with E-state index in [2.05, 4.69) is 6.58 Å². The van der Waals surface area contributed by atoms with E-state index < -0.39 is 46.3 Å². The molecule has 3 fully saturated rings. The van der Waals surface area contributed by atoms with E-state index in [1.807, 2.05) is 6.08 Å². The van der Waals surface area contributed by atoms with Gasteiger partial charge in [-0.15, -0.1) is 0 Å². The molecule has 7 atom stereocenters. The number of fused-ring (bicyclic) bond motifs is 3. The molecule has 1 spiro atoms. The molecule has 0 aromatic rings. The predicted octanol–water partition coefficient (Wildman–Crippen LogP) is 2.32. The van der Waals surface area contributed by atoms with E-state index in [9.17, 15) is 19.5 Å². The first-order valence-corrected chi connectivity index (χ1v) is 10.5. The van der Waals surface area contributed by atoms with Crippen LogP contribution in [-0.4, -0.2) is 48.9 Å². The van der Waals surface area contributed by atoms with E-state index in [1.165, 1.54) is 21.1 Å². The van der Waals surface area contributed by atoms with Crippen LogP contribution in [-0.2, 0) is 28.6 Å². The zero-order chi connectivity index (χ0) is 22.1. The summed E-state index contributed by atoms with van der Waals surface area (Å²) in [6.45, 7) is 7.30. The first kappa shape index (κ1) is 21.1. The number of hydrogen-bond donors (Lipinski definition) is 1. The van der Waals surface area contributed by atoms with Crippen LogP contribution in [0, 0.1) is 28.6 Å². The maximum Gasteiger partial charge on any atom is 0.314 e. The molecule has 3 saturated carbocycles. The molecular formula is C23H30O7. The van der Waals surface area contributed by atoms with Gasteiger partial charge in [-0.05, 0) is 55.9 Å². The molecule has 0 heterocycles. The van der Waals surface area contributed by atoms with Gasteiger partial charge in [-0.1, -0.05) is 18.2 Å². The smallest absolute Gasteiger partial charge is 0.314 e. The van der Waals surface area contributed by atoms with Crippen LogP contribution in [0.2, 0.25) is 0 Å². The van der Waals surface area contributed by atoms with Crippen LogP contribution in [0.25, 0.3) is 0 Å². The fourth-order valence-corrected chi connectivity index (χ4v) is 7.21. The average molecular weight is 418 g/mol. The minimum absolute atomic E-state index is 0.0333. The third-order valence-electron chi connectivity index (χ3n) is 8.38. The lowest BCUT2D eigenvalue weighted by Crippen LogP contribution is -2.52. The van der Waals surface area contributed by atoms with E-state index >= 15 is 0 Å². The van der Waals surface area contributed by atoms with Crippen molar-refractivity contribution in [1.29, 1.82) is 0 Å². The fourth-order valence-electron chi connectivity index (χ4n) is 7.21. The van der Waals surface area contributed by atoms with Gasteiger partial charge in [-0.2, -0.15) is 0 Å². The Bertz CT molecular complexity index is 860. The Hall–Kier alpha value is -2.15. The molecule has 0 aromatic carbocycles. The van der Waals surface area contributed by atoms with Crippen LogP contribution >= 0.6 is 0 Å². The minimum Gasteiger partial charge on any atom is -0.469 e. The van der Waals surface area contributed by atoms with Gasteiger partial charge in [-0.3, -0.25) is 14.4 Å². The second-order valence-corrected chi connectivity index (χ2v) is 9.58. The van der Waals surface area contributed by atoms with E-state index in [4.69, 9.17) is 14.2 Å². The first-order valence-electron chi connectivity index (χ1n) is 10.5. The number of rotatable bonds is 3. The van der Waals surface area contributed by atoms with Gasteiger partial charge in [0, 0.05) is 12.8 Å². The van der Waals surface area contributed by atoms with Crippen molar-refractivity contribution in [1.82, 2.24) is 0 Å². The molecule has 2 bridgehead atoms. The Morgan fingerprint density at radius 1 is 1.23 bits per heavy atom. The number of aliphatic hydroxyl groups is 1. The molecule has 0 unspecified atom stereocenters. The van der Waals surface area contributed by atoms with E-state index in [1.54, 1.807) is 6.92 Å². The zero-order valence-electron chi connectivity index (χ0n) is 18.0. The number of ether oxygens (including phenoxy) is 3. The number of hydrogen-bond acceptors (Lipinski definition) is 7. The molecule has 4 aliphatic rings. The summed E-state index contributed by atoms with van der Waals surface area (Å²) in [5, 5.41) is 10.9. The van der Waals surface area contributed by atoms with Crippen LogP contribution < -0.4 is 0 Å². The van der Waals surface area contributed by atoms with Crippen LogP contribution in [0.3, 0.4) is 0 Å². The summed E-state index contributed by atoms with van der Waals surface area (Å²) >= 11 is 0. The quantitative estimate of drug-likeness (QED) is 0.427. The molecule has 7 nitrogen and oxygen atoms in total. The van der Waals surface area contributed by atoms with Crippen LogP contribution in [0.5, 0.6) is 0 Å². The van der Waals surface area contributed by atoms with Gasteiger partial charge >= 0.3 is 17.9 Å². The SMILES string of the molecule is C=C1C[C@]23C[C@@]1(OC(C)=O)CC[C@H]2C1=CC[C@H](O)[C@](C)(C(=O)OC)[C@H]1[C@@H]3C(=O)OC. The summed E-state index contributed by atoms with van der Waals surface area (Å²) in [5.41, 5.74) is -0.780. The molecule has 0 aromatic heterocycles. The summed E-state index contributed by atoms with van der Waals surface area (Å²) in [5.74, 6) is -2.47. The Morgan fingerprint density at radius 2 is 1.93 bits per heavy atom. The van der Waals surface area contributed by atoms with Crippen molar-refractivity contribution in [3.63, 3.8) is 0 Å². The maximum absolute atomic E-state index is 13.2. The molecular weight excluding hydrogens is 388 g/mol. The van der Waals surface area contributed by atoms with Gasteiger partial charge in [0.25, 0.3) is 0 Å². The second kappa shape index (κ2) is 6.67. The van der Waals surface area contributed by atoms with Crippen LogP contribution in [0.1, 0.15) is 46.0 Å². The molecule has 1 N–H and O–H groups in total. The van der Waals surface area contributed by atoms with Gasteiger partial charge in [0.15, 0.2) is 0 Å². The first-order chi connectivity index (χ1) is 14.1. The lowest BCUT2D eigenvalue weighted by Gasteiger charge is -2.44. The molecule has 4 aliphatic carbocycles. The molecule has 4 rings (SSSR count). The average Bonchev–Trinajstić information content (AvgIpc) is 3.10. The molecule has 0 radical (unpaired) electrons. The van der Waals surface area contributed by atoms with Crippen molar-refractivity contribution < 1.29 is 33.7 Å². The summed E-state index contributed by atoms with van der Waals surface area (Å²) in [4.78, 5) is 38.0. The highest BCUT2D eigenvalue weighted by molar-refractivity contribution is 5.83. The van der Waals surface area contributed by atoms with Gasteiger partial charge in [0.2, 0.25) is 0 Å². The Morgan fingerprint density at radius 3 is 2.53 bits per heavy atom. The molecule has 0 saturated heterocycles. The molecule has 0 aliphatic heterocycles. The van der Waals surface area contributed by atoms with Gasteiger partial charge in [0.05, 0.1) is 31.7 Å². The van der Waals surface area contributed by atoms with Gasteiger partial charge < -0.3 is 19.3 Å². The normalized spacial score (nSPS) is 43.9. The standard InChI is InChI=1S/C23H30O7/c1-12-10-22-11-23(12,30-13(2)24)9-8-15(22)14-6-7-16(25)21(3,20(27)29-5)17(14)18(22)19(26)28-4/h6,15-18,25H,1,7-11H2,2-5H3/t15-,16-,17+,18+,21-,22-,23-/m0/s1. The highest BCUT2D eigenvalue weighted by atomic mass is 16.6. The van der Waals surface area contributed by atoms with Gasteiger partial charge in [-0.25, -0.2) is 0 Å². The zero-order valence-corrected chi connectivity index (χ0v) is 18.0. The number of allylic oxidation sites excluding steroid dienone is 1. The third kappa shape index (κ3) is 2.44. The summed E-state index contributed by atoms with van der Waals surface area (Å²) in [6, 6.07) is 0. The Labute approximate surface area is 176 Å². The minimum atomic E-state index is -1.27.